The zero-order valence-corrected chi connectivity index (χ0v) is 13.1. The molecule has 0 spiro atoms. The van der Waals surface area contributed by atoms with Crippen molar-refractivity contribution < 1.29 is 9.13 Å². The number of nitrogens with two attached hydrogens (primary N) is 1. The molecule has 6 heteroatoms. The second-order valence-corrected chi connectivity index (χ2v) is 5.45. The number of anilines is 2. The van der Waals surface area contributed by atoms with Crippen LogP contribution in [-0.2, 0) is 0 Å². The van der Waals surface area contributed by atoms with Gasteiger partial charge in [0.15, 0.2) is 0 Å². The topological polar surface area (TPSA) is 47.3 Å². The van der Waals surface area contributed by atoms with Crippen LogP contribution in [0.5, 0.6) is 5.75 Å². The van der Waals surface area contributed by atoms with Gasteiger partial charge in [-0.25, -0.2) is 4.39 Å². The Kier molecular flexibility index (Phi) is 4.80. The van der Waals surface area contributed by atoms with Gasteiger partial charge in [-0.2, -0.15) is 0 Å². The quantitative estimate of drug-likeness (QED) is 0.785. The minimum absolute atomic E-state index is 0.211. The first-order chi connectivity index (χ1) is 9.92. The van der Waals surface area contributed by atoms with Crippen molar-refractivity contribution in [1.29, 1.82) is 0 Å². The minimum Gasteiger partial charge on any atom is -0.495 e. The van der Waals surface area contributed by atoms with Gasteiger partial charge in [-0.1, -0.05) is 29.3 Å². The molecule has 3 nitrogen and oxygen atoms in total. The third kappa shape index (κ3) is 3.52. The standard InChI is InChI=1S/C15H15Cl2FN2O/c1-8(10-4-3-9(16)5-11(10)17)20-14-7-15(21-2)13(19)6-12(14)18/h3-8,20H,19H2,1-2H3. The van der Waals surface area contributed by atoms with Crippen LogP contribution in [0.15, 0.2) is 30.3 Å². The summed E-state index contributed by atoms with van der Waals surface area (Å²) in [7, 11) is 1.48. The van der Waals surface area contributed by atoms with Gasteiger partial charge in [0.25, 0.3) is 0 Å². The Balaban J connectivity index is 2.29. The number of nitrogens with one attached hydrogen (secondary N) is 1. The molecule has 0 saturated carbocycles. The van der Waals surface area contributed by atoms with Gasteiger partial charge in [0.2, 0.25) is 0 Å². The number of ether oxygens (including phenoxy) is 1. The second-order valence-electron chi connectivity index (χ2n) is 4.61. The van der Waals surface area contributed by atoms with Crippen molar-refractivity contribution in [3.63, 3.8) is 0 Å². The summed E-state index contributed by atoms with van der Waals surface area (Å²) >= 11 is 12.0. The maximum atomic E-state index is 14.0. The number of nitrogen functional groups attached to an aromatic ring is 1. The Labute approximate surface area is 132 Å². The van der Waals surface area contributed by atoms with E-state index in [2.05, 4.69) is 5.32 Å². The Hall–Kier alpha value is -1.65. The van der Waals surface area contributed by atoms with Crippen molar-refractivity contribution in [3.8, 4) is 5.75 Å². The van der Waals surface area contributed by atoms with Crippen molar-refractivity contribution in [2.75, 3.05) is 18.2 Å². The van der Waals surface area contributed by atoms with Crippen LogP contribution < -0.4 is 15.8 Å². The van der Waals surface area contributed by atoms with E-state index < -0.39 is 5.82 Å². The first kappa shape index (κ1) is 15.7. The van der Waals surface area contributed by atoms with Crippen LogP contribution in [0.2, 0.25) is 10.0 Å². The largest absolute Gasteiger partial charge is 0.495 e. The fourth-order valence-corrected chi connectivity index (χ4v) is 2.59. The molecule has 0 saturated heterocycles. The van der Waals surface area contributed by atoms with Crippen molar-refractivity contribution >= 4 is 34.6 Å². The summed E-state index contributed by atoms with van der Waals surface area (Å²) in [5.74, 6) is -0.0430. The first-order valence-electron chi connectivity index (χ1n) is 6.27. The van der Waals surface area contributed by atoms with Crippen molar-refractivity contribution in [2.45, 2.75) is 13.0 Å². The van der Waals surface area contributed by atoms with Gasteiger partial charge in [0, 0.05) is 22.2 Å². The van der Waals surface area contributed by atoms with E-state index in [9.17, 15) is 4.39 Å². The highest BCUT2D eigenvalue weighted by molar-refractivity contribution is 6.35. The molecule has 1 atom stereocenters. The van der Waals surface area contributed by atoms with E-state index in [1.807, 2.05) is 6.92 Å². The molecular weight excluding hydrogens is 314 g/mol. The van der Waals surface area contributed by atoms with Gasteiger partial charge in [-0.05, 0) is 24.6 Å². The average molecular weight is 329 g/mol. The van der Waals surface area contributed by atoms with Gasteiger partial charge in [-0.15, -0.1) is 0 Å². The van der Waals surface area contributed by atoms with Crippen LogP contribution in [0.1, 0.15) is 18.5 Å². The molecule has 2 aromatic carbocycles. The predicted octanol–water partition coefficient (Wildman–Crippen LogP) is 4.90. The Morgan fingerprint density at radius 3 is 2.57 bits per heavy atom. The molecule has 0 aliphatic carbocycles. The zero-order chi connectivity index (χ0) is 15.6. The lowest BCUT2D eigenvalue weighted by molar-refractivity contribution is 0.416. The molecule has 0 aliphatic heterocycles. The number of rotatable bonds is 4. The molecule has 0 radical (unpaired) electrons. The molecule has 2 rings (SSSR count). The van der Waals surface area contributed by atoms with Crippen LogP contribution >= 0.6 is 23.2 Å². The molecule has 0 amide bonds. The molecule has 0 bridgehead atoms. The molecule has 0 fully saturated rings. The normalized spacial score (nSPS) is 12.0. The lowest BCUT2D eigenvalue weighted by atomic mass is 10.1. The fraction of sp³-hybridized carbons (Fsp3) is 0.200. The van der Waals surface area contributed by atoms with Crippen molar-refractivity contribution in [2.24, 2.45) is 0 Å². The zero-order valence-electron chi connectivity index (χ0n) is 11.6. The van der Waals surface area contributed by atoms with Crippen LogP contribution in [0, 0.1) is 5.82 Å². The molecule has 2 aromatic rings. The van der Waals surface area contributed by atoms with Crippen molar-refractivity contribution in [3.05, 3.63) is 51.8 Å². The Morgan fingerprint density at radius 1 is 1.24 bits per heavy atom. The van der Waals surface area contributed by atoms with E-state index in [-0.39, 0.29) is 11.7 Å². The van der Waals surface area contributed by atoms with Crippen LogP contribution in [0.3, 0.4) is 0 Å². The Bertz CT molecular complexity index is 664. The van der Waals surface area contributed by atoms with Gasteiger partial charge < -0.3 is 15.8 Å². The van der Waals surface area contributed by atoms with E-state index in [0.29, 0.717) is 21.5 Å². The lowest BCUT2D eigenvalue weighted by Crippen LogP contribution is -2.09. The summed E-state index contributed by atoms with van der Waals surface area (Å²) < 4.78 is 19.0. The third-order valence-corrected chi connectivity index (χ3v) is 3.68. The van der Waals surface area contributed by atoms with E-state index in [4.69, 9.17) is 33.7 Å². The summed E-state index contributed by atoms with van der Waals surface area (Å²) in [6.07, 6.45) is 0. The summed E-state index contributed by atoms with van der Waals surface area (Å²) in [4.78, 5) is 0. The smallest absolute Gasteiger partial charge is 0.148 e. The molecule has 21 heavy (non-hydrogen) atoms. The second kappa shape index (κ2) is 6.41. The van der Waals surface area contributed by atoms with E-state index in [0.717, 1.165) is 5.56 Å². The third-order valence-electron chi connectivity index (χ3n) is 3.12. The first-order valence-corrected chi connectivity index (χ1v) is 7.02. The highest BCUT2D eigenvalue weighted by Gasteiger charge is 2.14. The van der Waals surface area contributed by atoms with Gasteiger partial charge in [0.05, 0.1) is 24.5 Å². The summed E-state index contributed by atoms with van der Waals surface area (Å²) in [5, 5.41) is 4.12. The van der Waals surface area contributed by atoms with Crippen LogP contribution in [0.25, 0.3) is 0 Å². The van der Waals surface area contributed by atoms with Crippen LogP contribution in [0.4, 0.5) is 15.8 Å². The molecule has 112 valence electrons. The molecule has 1 unspecified atom stereocenters. The van der Waals surface area contributed by atoms with Gasteiger partial charge in [0.1, 0.15) is 11.6 Å². The number of methoxy groups -OCH3 is 1. The highest BCUT2D eigenvalue weighted by atomic mass is 35.5. The van der Waals surface area contributed by atoms with Gasteiger partial charge in [-0.3, -0.25) is 0 Å². The fourth-order valence-electron chi connectivity index (χ4n) is 2.02. The van der Waals surface area contributed by atoms with E-state index in [1.54, 1.807) is 18.2 Å². The minimum atomic E-state index is -0.453. The monoisotopic (exact) mass is 328 g/mol. The highest BCUT2D eigenvalue weighted by Crippen LogP contribution is 2.32. The lowest BCUT2D eigenvalue weighted by Gasteiger charge is -2.18. The molecule has 0 heterocycles. The van der Waals surface area contributed by atoms with Crippen LogP contribution in [-0.4, -0.2) is 7.11 Å². The number of benzene rings is 2. The van der Waals surface area contributed by atoms with E-state index in [1.165, 1.54) is 19.2 Å². The maximum Gasteiger partial charge on any atom is 0.148 e. The Morgan fingerprint density at radius 2 is 1.95 bits per heavy atom. The summed E-state index contributed by atoms with van der Waals surface area (Å²) in [5.41, 5.74) is 7.01. The summed E-state index contributed by atoms with van der Waals surface area (Å²) in [6, 6.07) is 7.71. The summed E-state index contributed by atoms with van der Waals surface area (Å²) in [6.45, 7) is 1.87. The molecular formula is C15H15Cl2FN2O. The SMILES string of the molecule is COc1cc(NC(C)c2ccc(Cl)cc2Cl)c(F)cc1N. The number of hydrogen-bond donors (Lipinski definition) is 2. The maximum absolute atomic E-state index is 14.0. The van der Waals surface area contributed by atoms with E-state index >= 15 is 0 Å². The van der Waals surface area contributed by atoms with Gasteiger partial charge >= 0.3 is 0 Å². The predicted molar refractivity (Wildman–Crippen MR) is 85.9 cm³/mol. The number of halogens is 3. The molecule has 0 aliphatic rings. The number of hydrogen-bond acceptors (Lipinski definition) is 3. The average Bonchev–Trinajstić information content (AvgIpc) is 2.41. The molecule has 0 aromatic heterocycles. The molecule has 3 N–H and O–H groups in total. The van der Waals surface area contributed by atoms with Crippen molar-refractivity contribution in [1.82, 2.24) is 0 Å².